The number of H-pyrrole nitrogens is 1. The predicted molar refractivity (Wildman–Crippen MR) is 105 cm³/mol. The monoisotopic (exact) mass is 376 g/mol. The number of nitrogens with one attached hydrogen (secondary N) is 2. The Balaban J connectivity index is 1.77. The van der Waals surface area contributed by atoms with Crippen molar-refractivity contribution in [1.82, 2.24) is 4.98 Å². The molecule has 0 fully saturated rings. The van der Waals surface area contributed by atoms with Crippen LogP contribution in [0.3, 0.4) is 0 Å². The molecule has 7 heteroatoms. The fourth-order valence-corrected chi connectivity index (χ4v) is 2.91. The van der Waals surface area contributed by atoms with Gasteiger partial charge in [0.2, 0.25) is 11.3 Å². The maximum absolute atomic E-state index is 12.0. The van der Waals surface area contributed by atoms with Gasteiger partial charge in [0.1, 0.15) is 5.75 Å². The smallest absolute Gasteiger partial charge is 0.234 e. The van der Waals surface area contributed by atoms with Crippen molar-refractivity contribution in [2.75, 3.05) is 24.3 Å². The van der Waals surface area contributed by atoms with E-state index >= 15 is 0 Å². The first-order chi connectivity index (χ1) is 12.6. The van der Waals surface area contributed by atoms with E-state index in [-0.39, 0.29) is 11.3 Å². The maximum atomic E-state index is 12.0. The Hall–Kier alpha value is -2.41. The summed E-state index contributed by atoms with van der Waals surface area (Å²) in [5.41, 5.74) is 1.34. The van der Waals surface area contributed by atoms with Crippen LogP contribution >= 0.6 is 11.8 Å². The topological polar surface area (TPSA) is 80.4 Å². The molecule has 2 rings (SSSR count). The summed E-state index contributed by atoms with van der Waals surface area (Å²) in [6.07, 6.45) is 2.42. The lowest BCUT2D eigenvalue weighted by molar-refractivity contribution is -0.113. The lowest BCUT2D eigenvalue weighted by Gasteiger charge is -2.08. The molecule has 0 aliphatic heterocycles. The Labute approximate surface area is 157 Å². The number of pyridine rings is 1. The second-order valence-electron chi connectivity index (χ2n) is 5.53. The van der Waals surface area contributed by atoms with Crippen LogP contribution in [0.25, 0.3) is 0 Å². The number of hydrogen-bond donors (Lipinski definition) is 2. The minimum Gasteiger partial charge on any atom is -0.494 e. The number of thioether (sulfide) groups is 1. The summed E-state index contributed by atoms with van der Waals surface area (Å²) in [4.78, 5) is 26.9. The Kier molecular flexibility index (Phi) is 8.08. The van der Waals surface area contributed by atoms with Crippen LogP contribution in [0.5, 0.6) is 11.5 Å². The third-order valence-electron chi connectivity index (χ3n) is 3.34. The minimum atomic E-state index is -0.147. The Morgan fingerprint density at radius 2 is 1.96 bits per heavy atom. The van der Waals surface area contributed by atoms with Crippen LogP contribution in [0.2, 0.25) is 0 Å². The molecule has 0 saturated carbocycles. The lowest BCUT2D eigenvalue weighted by Crippen LogP contribution is -2.14. The number of rotatable bonds is 10. The molecule has 0 unspecified atom stereocenters. The van der Waals surface area contributed by atoms with Crippen molar-refractivity contribution in [3.05, 3.63) is 52.4 Å². The molecule has 6 nitrogen and oxygen atoms in total. The zero-order chi connectivity index (χ0) is 18.8. The van der Waals surface area contributed by atoms with Crippen molar-refractivity contribution >= 4 is 23.4 Å². The van der Waals surface area contributed by atoms with E-state index in [9.17, 15) is 9.59 Å². The number of ether oxygens (including phenoxy) is 2. The van der Waals surface area contributed by atoms with Gasteiger partial charge in [-0.15, -0.1) is 11.8 Å². The standard InChI is InChI=1S/C19H24N2O4S/c1-3-9-25-18-11-20-15(10-17(18)22)12-26-13-19(23)21-14-5-7-16(8-6-14)24-4-2/h5-8,10-11H,3-4,9,12-13H2,1-2H3,(H,20,22)(H,21,23). The highest BCUT2D eigenvalue weighted by Gasteiger charge is 2.06. The molecule has 0 aliphatic carbocycles. The molecule has 0 bridgehead atoms. The van der Waals surface area contributed by atoms with Crippen LogP contribution in [0, 0.1) is 0 Å². The van der Waals surface area contributed by atoms with E-state index < -0.39 is 0 Å². The molecule has 0 saturated heterocycles. The van der Waals surface area contributed by atoms with Crippen LogP contribution in [0.4, 0.5) is 5.69 Å². The molecule has 140 valence electrons. The summed E-state index contributed by atoms with van der Waals surface area (Å²) < 4.78 is 10.7. The number of aromatic amines is 1. The van der Waals surface area contributed by atoms with Gasteiger partial charge in [0.25, 0.3) is 0 Å². The van der Waals surface area contributed by atoms with Crippen LogP contribution in [-0.2, 0) is 10.5 Å². The molecule has 1 heterocycles. The highest BCUT2D eigenvalue weighted by Crippen LogP contribution is 2.16. The molecule has 2 N–H and O–H groups in total. The van der Waals surface area contributed by atoms with Crippen LogP contribution < -0.4 is 20.2 Å². The van der Waals surface area contributed by atoms with Gasteiger partial charge in [0.05, 0.1) is 19.0 Å². The third kappa shape index (κ3) is 6.48. The molecule has 0 spiro atoms. The average molecular weight is 376 g/mol. The van der Waals surface area contributed by atoms with Crippen LogP contribution in [-0.4, -0.2) is 29.9 Å². The molecule has 0 aliphatic rings. The SMILES string of the molecule is CCCOc1c[nH]c(CSCC(=O)Nc2ccc(OCC)cc2)cc1=O. The number of anilines is 1. The molecule has 1 aromatic heterocycles. The van der Waals surface area contributed by atoms with Gasteiger partial charge in [-0.2, -0.15) is 0 Å². The minimum absolute atomic E-state index is 0.0931. The third-order valence-corrected chi connectivity index (χ3v) is 4.32. The molecule has 2 aromatic rings. The van der Waals surface area contributed by atoms with Crippen molar-refractivity contribution in [1.29, 1.82) is 0 Å². The van der Waals surface area contributed by atoms with Gasteiger partial charge in [-0.25, -0.2) is 0 Å². The Morgan fingerprint density at radius 1 is 1.19 bits per heavy atom. The number of carbonyl (C=O) groups excluding carboxylic acids is 1. The fraction of sp³-hybridized carbons (Fsp3) is 0.368. The number of carbonyl (C=O) groups is 1. The molecule has 1 amide bonds. The predicted octanol–water partition coefficient (Wildman–Crippen LogP) is 3.43. The lowest BCUT2D eigenvalue weighted by atomic mass is 10.3. The van der Waals surface area contributed by atoms with Gasteiger partial charge in [-0.05, 0) is 37.6 Å². The van der Waals surface area contributed by atoms with E-state index in [1.807, 2.05) is 26.0 Å². The maximum Gasteiger partial charge on any atom is 0.234 e. The van der Waals surface area contributed by atoms with Crippen molar-refractivity contribution in [2.24, 2.45) is 0 Å². The Morgan fingerprint density at radius 3 is 2.62 bits per heavy atom. The van der Waals surface area contributed by atoms with Gasteiger partial charge in [0.15, 0.2) is 5.75 Å². The van der Waals surface area contributed by atoms with Crippen LogP contribution in [0.15, 0.2) is 41.3 Å². The zero-order valence-electron chi connectivity index (χ0n) is 15.0. The summed E-state index contributed by atoms with van der Waals surface area (Å²) in [6.45, 7) is 5.03. The first kappa shape index (κ1) is 19.9. The summed E-state index contributed by atoms with van der Waals surface area (Å²) >= 11 is 1.43. The van der Waals surface area contributed by atoms with Crippen molar-refractivity contribution in [3.63, 3.8) is 0 Å². The second kappa shape index (κ2) is 10.6. The van der Waals surface area contributed by atoms with Gasteiger partial charge >= 0.3 is 0 Å². The largest absolute Gasteiger partial charge is 0.494 e. The molecule has 1 aromatic carbocycles. The average Bonchev–Trinajstić information content (AvgIpc) is 2.63. The number of hydrogen-bond acceptors (Lipinski definition) is 5. The quantitative estimate of drug-likeness (QED) is 0.664. The van der Waals surface area contributed by atoms with E-state index in [0.717, 1.165) is 23.6 Å². The summed E-state index contributed by atoms with van der Waals surface area (Å²) in [5.74, 6) is 1.84. The summed E-state index contributed by atoms with van der Waals surface area (Å²) in [6, 6.07) is 8.76. The van der Waals surface area contributed by atoms with Crippen molar-refractivity contribution in [2.45, 2.75) is 26.0 Å². The zero-order valence-corrected chi connectivity index (χ0v) is 15.9. The van der Waals surface area contributed by atoms with Gasteiger partial charge in [0, 0.05) is 29.4 Å². The first-order valence-corrected chi connectivity index (χ1v) is 9.72. The van der Waals surface area contributed by atoms with Crippen LogP contribution in [0.1, 0.15) is 26.0 Å². The number of amides is 1. The van der Waals surface area contributed by atoms with Crippen molar-refractivity contribution in [3.8, 4) is 11.5 Å². The summed E-state index contributed by atoms with van der Waals surface area (Å²) in [7, 11) is 0. The van der Waals surface area contributed by atoms with E-state index in [1.165, 1.54) is 17.8 Å². The normalized spacial score (nSPS) is 10.4. The molecule has 26 heavy (non-hydrogen) atoms. The first-order valence-electron chi connectivity index (χ1n) is 8.57. The molecular formula is C19H24N2O4S. The van der Waals surface area contributed by atoms with E-state index in [1.54, 1.807) is 18.3 Å². The highest BCUT2D eigenvalue weighted by atomic mass is 32.2. The van der Waals surface area contributed by atoms with E-state index in [2.05, 4.69) is 10.3 Å². The van der Waals surface area contributed by atoms with Gasteiger partial charge in [-0.1, -0.05) is 6.92 Å². The molecular weight excluding hydrogens is 352 g/mol. The van der Waals surface area contributed by atoms with Gasteiger partial charge < -0.3 is 19.8 Å². The fourth-order valence-electron chi connectivity index (χ4n) is 2.16. The Bertz CT molecular complexity index is 759. The van der Waals surface area contributed by atoms with E-state index in [4.69, 9.17) is 9.47 Å². The van der Waals surface area contributed by atoms with Gasteiger partial charge in [-0.3, -0.25) is 9.59 Å². The number of benzene rings is 1. The molecule has 0 atom stereocenters. The van der Waals surface area contributed by atoms with E-state index in [0.29, 0.717) is 30.5 Å². The second-order valence-corrected chi connectivity index (χ2v) is 6.52. The van der Waals surface area contributed by atoms with Crippen molar-refractivity contribution < 1.29 is 14.3 Å². The number of aromatic nitrogens is 1. The summed E-state index contributed by atoms with van der Waals surface area (Å²) in [5, 5.41) is 2.83. The molecule has 0 radical (unpaired) electrons. The highest BCUT2D eigenvalue weighted by molar-refractivity contribution is 7.99.